The largest absolute Gasteiger partial charge is 0.495 e. The summed E-state index contributed by atoms with van der Waals surface area (Å²) in [6, 6.07) is 8.27. The van der Waals surface area contributed by atoms with E-state index in [0.717, 1.165) is 30.5 Å². The average Bonchev–Trinajstić information content (AvgIpc) is 3.22. The third-order valence-electron chi connectivity index (χ3n) is 4.35. The number of hydrogen-bond donors (Lipinski definition) is 1. The lowest BCUT2D eigenvalue weighted by Crippen LogP contribution is -2.22. The minimum absolute atomic E-state index is 0.551. The van der Waals surface area contributed by atoms with Crippen LogP contribution < -0.4 is 15.0 Å². The van der Waals surface area contributed by atoms with Crippen molar-refractivity contribution in [2.75, 3.05) is 37.0 Å². The molecule has 0 unspecified atom stereocenters. The Morgan fingerprint density at radius 3 is 2.96 bits per heavy atom. The van der Waals surface area contributed by atoms with Crippen molar-refractivity contribution < 1.29 is 4.74 Å². The van der Waals surface area contributed by atoms with E-state index in [1.54, 1.807) is 18.4 Å². The molecule has 0 radical (unpaired) electrons. The molecule has 0 spiro atoms. The van der Waals surface area contributed by atoms with Gasteiger partial charge in [0.05, 0.1) is 12.8 Å². The quantitative estimate of drug-likeness (QED) is 0.860. The number of nitrogens with one attached hydrogen (secondary N) is 1. The van der Waals surface area contributed by atoms with Crippen LogP contribution in [-0.2, 0) is 0 Å². The lowest BCUT2D eigenvalue weighted by molar-refractivity contribution is 0.414. The fraction of sp³-hybridized carbons (Fsp3) is 0.500. The Hall–Kier alpha value is -1.75. The predicted octanol–water partition coefficient (Wildman–Crippen LogP) is 4.21. The summed E-state index contributed by atoms with van der Waals surface area (Å²) in [6.07, 6.45) is 3.20. The van der Waals surface area contributed by atoms with Crippen LogP contribution in [0.25, 0.3) is 0 Å². The van der Waals surface area contributed by atoms with Gasteiger partial charge in [-0.25, -0.2) is 4.98 Å². The zero-order valence-electron chi connectivity index (χ0n) is 14.1. The molecule has 0 bridgehead atoms. The molecule has 2 heterocycles. The maximum absolute atomic E-state index is 5.48. The van der Waals surface area contributed by atoms with Gasteiger partial charge in [0.2, 0.25) is 0 Å². The molecule has 1 aliphatic heterocycles. The molecule has 0 aliphatic carbocycles. The van der Waals surface area contributed by atoms with Gasteiger partial charge in [0, 0.05) is 30.7 Å². The molecular weight excluding hydrogens is 306 g/mol. The number of para-hydroxylation sites is 2. The van der Waals surface area contributed by atoms with Crippen molar-refractivity contribution in [3.63, 3.8) is 0 Å². The highest BCUT2D eigenvalue weighted by Crippen LogP contribution is 2.32. The fourth-order valence-electron chi connectivity index (χ4n) is 2.98. The van der Waals surface area contributed by atoms with Crippen LogP contribution in [0.15, 0.2) is 30.5 Å². The van der Waals surface area contributed by atoms with Gasteiger partial charge in [-0.1, -0.05) is 26.0 Å². The average molecular weight is 331 g/mol. The Morgan fingerprint density at radius 2 is 2.22 bits per heavy atom. The first-order valence-electron chi connectivity index (χ1n) is 8.25. The molecule has 0 amide bonds. The molecule has 1 aromatic carbocycles. The van der Waals surface area contributed by atoms with Crippen LogP contribution in [0.3, 0.4) is 0 Å². The van der Waals surface area contributed by atoms with E-state index in [1.807, 2.05) is 18.3 Å². The number of ether oxygens (including phenoxy) is 1. The molecule has 1 saturated heterocycles. The summed E-state index contributed by atoms with van der Waals surface area (Å²) in [5, 5.41) is 4.56. The first kappa shape index (κ1) is 16.1. The summed E-state index contributed by atoms with van der Waals surface area (Å²) in [4.78, 5) is 8.24. The zero-order chi connectivity index (χ0) is 16.2. The first-order chi connectivity index (χ1) is 11.2. The Labute approximate surface area is 142 Å². The van der Waals surface area contributed by atoms with Crippen molar-refractivity contribution in [3.05, 3.63) is 35.3 Å². The molecule has 5 heteroatoms. The van der Waals surface area contributed by atoms with Crippen LogP contribution in [0.1, 0.15) is 31.1 Å². The summed E-state index contributed by atoms with van der Waals surface area (Å²) >= 11 is 1.77. The summed E-state index contributed by atoms with van der Waals surface area (Å²) < 4.78 is 5.48. The number of hydrogen-bond acceptors (Lipinski definition) is 5. The molecule has 1 atom stereocenters. The summed E-state index contributed by atoms with van der Waals surface area (Å²) in [6.45, 7) is 7.55. The van der Waals surface area contributed by atoms with E-state index in [2.05, 4.69) is 41.2 Å². The minimum Gasteiger partial charge on any atom is -0.495 e. The standard InChI is InChI=1S/C18H25N3OS/c1-13(2)17-11-20-18(23-17)19-10-14-8-9-21(12-14)15-6-4-5-7-16(15)22-3/h4-7,11,13-14H,8-10,12H2,1-3H3,(H,19,20)/t14-/m1/s1. The molecule has 2 aromatic rings. The van der Waals surface area contributed by atoms with Gasteiger partial charge in [-0.3, -0.25) is 0 Å². The van der Waals surface area contributed by atoms with E-state index in [-0.39, 0.29) is 0 Å². The second-order valence-electron chi connectivity index (χ2n) is 6.38. The van der Waals surface area contributed by atoms with Crippen LogP contribution in [0.5, 0.6) is 5.75 Å². The third-order valence-corrected chi connectivity index (χ3v) is 5.60. The van der Waals surface area contributed by atoms with Gasteiger partial charge in [-0.05, 0) is 30.4 Å². The Kier molecular flexibility index (Phi) is 5.06. The van der Waals surface area contributed by atoms with Crippen LogP contribution in [0.4, 0.5) is 10.8 Å². The van der Waals surface area contributed by atoms with Crippen molar-refractivity contribution in [1.82, 2.24) is 4.98 Å². The fourth-order valence-corrected chi connectivity index (χ4v) is 3.80. The molecule has 1 fully saturated rings. The van der Waals surface area contributed by atoms with Crippen LogP contribution in [0, 0.1) is 5.92 Å². The van der Waals surface area contributed by atoms with E-state index in [9.17, 15) is 0 Å². The molecule has 1 aromatic heterocycles. The highest BCUT2D eigenvalue weighted by atomic mass is 32.1. The van der Waals surface area contributed by atoms with Gasteiger partial charge in [0.25, 0.3) is 0 Å². The van der Waals surface area contributed by atoms with E-state index in [1.165, 1.54) is 17.0 Å². The number of rotatable bonds is 6. The third kappa shape index (κ3) is 3.78. The lowest BCUT2D eigenvalue weighted by atomic mass is 10.1. The van der Waals surface area contributed by atoms with Crippen LogP contribution in [-0.4, -0.2) is 31.7 Å². The highest BCUT2D eigenvalue weighted by molar-refractivity contribution is 7.15. The van der Waals surface area contributed by atoms with Crippen molar-refractivity contribution in [1.29, 1.82) is 0 Å². The summed E-state index contributed by atoms with van der Waals surface area (Å²) in [7, 11) is 1.74. The second-order valence-corrected chi connectivity index (χ2v) is 7.44. The molecule has 23 heavy (non-hydrogen) atoms. The maximum Gasteiger partial charge on any atom is 0.182 e. The predicted molar refractivity (Wildman–Crippen MR) is 98.0 cm³/mol. The molecule has 1 N–H and O–H groups in total. The molecule has 4 nitrogen and oxygen atoms in total. The van der Waals surface area contributed by atoms with E-state index >= 15 is 0 Å². The zero-order valence-corrected chi connectivity index (χ0v) is 14.9. The van der Waals surface area contributed by atoms with Crippen molar-refractivity contribution in [2.24, 2.45) is 5.92 Å². The number of anilines is 2. The number of methoxy groups -OCH3 is 1. The summed E-state index contributed by atoms with van der Waals surface area (Å²) in [5.41, 5.74) is 1.20. The number of aromatic nitrogens is 1. The second kappa shape index (κ2) is 7.21. The Balaban J connectivity index is 1.55. The molecular formula is C18H25N3OS. The SMILES string of the molecule is COc1ccccc1N1CC[C@H](CNc2ncc(C(C)C)s2)C1. The molecule has 3 rings (SSSR count). The van der Waals surface area contributed by atoms with Gasteiger partial charge in [-0.2, -0.15) is 0 Å². The van der Waals surface area contributed by atoms with Crippen molar-refractivity contribution in [3.8, 4) is 5.75 Å². The molecule has 124 valence electrons. The normalized spacial score (nSPS) is 17.7. The summed E-state index contributed by atoms with van der Waals surface area (Å²) in [5.74, 6) is 2.16. The Morgan fingerprint density at radius 1 is 1.39 bits per heavy atom. The van der Waals surface area contributed by atoms with Crippen LogP contribution >= 0.6 is 11.3 Å². The van der Waals surface area contributed by atoms with Gasteiger partial charge in [0.15, 0.2) is 5.13 Å². The van der Waals surface area contributed by atoms with E-state index < -0.39 is 0 Å². The van der Waals surface area contributed by atoms with Gasteiger partial charge in [-0.15, -0.1) is 11.3 Å². The number of thiazole rings is 1. The van der Waals surface area contributed by atoms with E-state index in [0.29, 0.717) is 11.8 Å². The highest BCUT2D eigenvalue weighted by Gasteiger charge is 2.24. The smallest absolute Gasteiger partial charge is 0.182 e. The van der Waals surface area contributed by atoms with Crippen molar-refractivity contribution >= 4 is 22.2 Å². The Bertz CT molecular complexity index is 641. The van der Waals surface area contributed by atoms with Gasteiger partial charge in [0.1, 0.15) is 5.75 Å². The minimum atomic E-state index is 0.551. The van der Waals surface area contributed by atoms with Gasteiger partial charge < -0.3 is 15.0 Å². The number of benzene rings is 1. The topological polar surface area (TPSA) is 37.4 Å². The number of nitrogens with zero attached hydrogens (tertiary/aromatic N) is 2. The van der Waals surface area contributed by atoms with Crippen molar-refractivity contribution in [2.45, 2.75) is 26.2 Å². The molecule has 0 saturated carbocycles. The van der Waals surface area contributed by atoms with Crippen LogP contribution in [0.2, 0.25) is 0 Å². The lowest BCUT2D eigenvalue weighted by Gasteiger charge is -2.21. The van der Waals surface area contributed by atoms with Gasteiger partial charge >= 0.3 is 0 Å². The maximum atomic E-state index is 5.48. The van der Waals surface area contributed by atoms with E-state index in [4.69, 9.17) is 4.74 Å². The monoisotopic (exact) mass is 331 g/mol. The molecule has 1 aliphatic rings. The first-order valence-corrected chi connectivity index (χ1v) is 9.06.